The smallest absolute Gasteiger partial charge is 0.250 e. The van der Waals surface area contributed by atoms with Crippen LogP contribution < -0.4 is 19.5 Å². The van der Waals surface area contributed by atoms with Gasteiger partial charge in [-0.25, -0.2) is 4.98 Å². The lowest BCUT2D eigenvalue weighted by atomic mass is 10.1. The molecule has 0 aliphatic carbocycles. The summed E-state index contributed by atoms with van der Waals surface area (Å²) in [5.74, 6) is 1.27. The van der Waals surface area contributed by atoms with Gasteiger partial charge in [0.15, 0.2) is 16.6 Å². The summed E-state index contributed by atoms with van der Waals surface area (Å²) >= 11 is 4.88. The van der Waals surface area contributed by atoms with Gasteiger partial charge >= 0.3 is 0 Å². The Morgan fingerprint density at radius 1 is 1.15 bits per heavy atom. The lowest BCUT2D eigenvalue weighted by Gasteiger charge is -2.12. The number of nitrogens with one attached hydrogen (secondary N) is 1. The number of halogens is 1. The number of amides is 1. The van der Waals surface area contributed by atoms with E-state index in [1.54, 1.807) is 39.5 Å². The van der Waals surface area contributed by atoms with Crippen LogP contribution in [0.3, 0.4) is 0 Å². The molecular weight excluding hydrogens is 432 g/mol. The quantitative estimate of drug-likeness (QED) is 0.551. The van der Waals surface area contributed by atoms with Gasteiger partial charge in [0.25, 0.3) is 0 Å². The molecule has 8 heteroatoms. The van der Waals surface area contributed by atoms with Gasteiger partial charge in [0.1, 0.15) is 0 Å². The van der Waals surface area contributed by atoms with Crippen molar-refractivity contribution in [1.82, 2.24) is 4.98 Å². The van der Waals surface area contributed by atoms with E-state index in [1.165, 1.54) is 17.4 Å². The normalized spacial score (nSPS) is 11.0. The molecule has 27 heavy (non-hydrogen) atoms. The van der Waals surface area contributed by atoms with E-state index >= 15 is 0 Å². The van der Waals surface area contributed by atoms with Crippen LogP contribution >= 0.6 is 27.3 Å². The SMILES string of the molecule is COc1cc(/C=C\C(=O)Nc2nc3c(Br)cccc3s2)cc(OC)c1OC. The molecule has 1 aromatic heterocycles. The largest absolute Gasteiger partial charge is 0.493 e. The average Bonchev–Trinajstić information content (AvgIpc) is 3.09. The molecule has 140 valence electrons. The van der Waals surface area contributed by atoms with Crippen molar-refractivity contribution >= 4 is 54.6 Å². The number of hydrogen-bond donors (Lipinski definition) is 1. The third-order valence-electron chi connectivity index (χ3n) is 3.71. The molecule has 6 nitrogen and oxygen atoms in total. The summed E-state index contributed by atoms with van der Waals surface area (Å²) in [5.41, 5.74) is 1.57. The highest BCUT2D eigenvalue weighted by molar-refractivity contribution is 9.10. The summed E-state index contributed by atoms with van der Waals surface area (Å²) in [6.07, 6.45) is 3.10. The molecule has 0 radical (unpaired) electrons. The highest BCUT2D eigenvalue weighted by Gasteiger charge is 2.12. The Hall–Kier alpha value is -2.58. The summed E-state index contributed by atoms with van der Waals surface area (Å²) in [5, 5.41) is 3.32. The minimum Gasteiger partial charge on any atom is -0.493 e. The van der Waals surface area contributed by atoms with Gasteiger partial charge in [-0.1, -0.05) is 17.4 Å². The number of anilines is 1. The second-order valence-corrected chi connectivity index (χ2v) is 7.27. The van der Waals surface area contributed by atoms with Gasteiger partial charge in [0, 0.05) is 10.5 Å². The fourth-order valence-electron chi connectivity index (χ4n) is 2.48. The Morgan fingerprint density at radius 3 is 2.44 bits per heavy atom. The number of hydrogen-bond acceptors (Lipinski definition) is 6. The summed E-state index contributed by atoms with van der Waals surface area (Å²) in [4.78, 5) is 16.7. The zero-order chi connectivity index (χ0) is 19.4. The van der Waals surface area contributed by atoms with Crippen molar-refractivity contribution in [2.45, 2.75) is 0 Å². The molecule has 0 saturated carbocycles. The molecule has 2 aromatic carbocycles. The van der Waals surface area contributed by atoms with E-state index in [1.807, 2.05) is 18.2 Å². The Kier molecular flexibility index (Phi) is 5.98. The van der Waals surface area contributed by atoms with Crippen LogP contribution in [0, 0.1) is 0 Å². The molecule has 3 aromatic rings. The van der Waals surface area contributed by atoms with Crippen molar-refractivity contribution < 1.29 is 19.0 Å². The number of fused-ring (bicyclic) bond motifs is 1. The van der Waals surface area contributed by atoms with Crippen LogP contribution in [-0.2, 0) is 4.79 Å². The van der Waals surface area contributed by atoms with Gasteiger partial charge in [-0.15, -0.1) is 0 Å². The number of aromatic nitrogens is 1. The highest BCUT2D eigenvalue weighted by Crippen LogP contribution is 2.38. The van der Waals surface area contributed by atoms with Gasteiger partial charge in [-0.05, 0) is 51.8 Å². The summed E-state index contributed by atoms with van der Waals surface area (Å²) < 4.78 is 17.8. The number of methoxy groups -OCH3 is 3. The highest BCUT2D eigenvalue weighted by atomic mass is 79.9. The first kappa shape index (κ1) is 19.2. The van der Waals surface area contributed by atoms with E-state index in [9.17, 15) is 4.79 Å². The molecule has 0 atom stereocenters. The van der Waals surface area contributed by atoms with Crippen LogP contribution in [0.1, 0.15) is 5.56 Å². The minimum atomic E-state index is -0.279. The first-order valence-electron chi connectivity index (χ1n) is 7.90. The number of carbonyl (C=O) groups excluding carboxylic acids is 1. The molecule has 0 aliphatic rings. The Labute approximate surface area is 168 Å². The molecule has 0 spiro atoms. The third kappa shape index (κ3) is 4.23. The number of thiazole rings is 1. The molecule has 1 N–H and O–H groups in total. The predicted molar refractivity (Wildman–Crippen MR) is 111 cm³/mol. The molecule has 0 bridgehead atoms. The number of nitrogens with zero attached hydrogens (tertiary/aromatic N) is 1. The number of ether oxygens (including phenoxy) is 3. The molecule has 0 unspecified atom stereocenters. The Balaban J connectivity index is 1.78. The molecular formula is C19H17BrN2O4S. The van der Waals surface area contributed by atoms with Crippen molar-refractivity contribution in [3.63, 3.8) is 0 Å². The maximum atomic E-state index is 12.2. The topological polar surface area (TPSA) is 69.7 Å². The summed E-state index contributed by atoms with van der Waals surface area (Å²) in [7, 11) is 4.63. The maximum absolute atomic E-state index is 12.2. The molecule has 1 heterocycles. The van der Waals surface area contributed by atoms with Crippen molar-refractivity contribution in [3.05, 3.63) is 46.4 Å². The lowest BCUT2D eigenvalue weighted by molar-refractivity contribution is -0.111. The molecule has 1 amide bonds. The number of para-hydroxylation sites is 1. The fraction of sp³-hybridized carbons (Fsp3) is 0.158. The van der Waals surface area contributed by atoms with E-state index in [2.05, 4.69) is 26.2 Å². The second kappa shape index (κ2) is 8.41. The van der Waals surface area contributed by atoms with Crippen LogP contribution in [0.5, 0.6) is 17.2 Å². The summed E-state index contributed by atoms with van der Waals surface area (Å²) in [6, 6.07) is 9.33. The first-order chi connectivity index (χ1) is 13.0. The zero-order valence-corrected chi connectivity index (χ0v) is 17.3. The summed E-state index contributed by atoms with van der Waals surface area (Å²) in [6.45, 7) is 0. The zero-order valence-electron chi connectivity index (χ0n) is 14.9. The lowest BCUT2D eigenvalue weighted by Crippen LogP contribution is -2.07. The van der Waals surface area contributed by atoms with Gasteiger partial charge < -0.3 is 14.2 Å². The van der Waals surface area contributed by atoms with Gasteiger partial charge in [0.05, 0.1) is 31.5 Å². The van der Waals surface area contributed by atoms with Crippen LogP contribution in [0.2, 0.25) is 0 Å². The Bertz CT molecular complexity index is 991. The average molecular weight is 449 g/mol. The van der Waals surface area contributed by atoms with E-state index in [4.69, 9.17) is 14.2 Å². The van der Waals surface area contributed by atoms with Crippen LogP contribution in [-0.4, -0.2) is 32.2 Å². The fourth-order valence-corrected chi connectivity index (χ4v) is 3.97. The number of rotatable bonds is 6. The van der Waals surface area contributed by atoms with Crippen molar-refractivity contribution in [1.29, 1.82) is 0 Å². The molecule has 0 aliphatic heterocycles. The van der Waals surface area contributed by atoms with Crippen LogP contribution in [0.4, 0.5) is 5.13 Å². The molecule has 0 fully saturated rings. The van der Waals surface area contributed by atoms with Crippen molar-refractivity contribution in [2.24, 2.45) is 0 Å². The maximum Gasteiger partial charge on any atom is 0.250 e. The first-order valence-corrected chi connectivity index (χ1v) is 9.50. The number of carbonyl (C=O) groups is 1. The van der Waals surface area contributed by atoms with E-state index in [0.29, 0.717) is 22.4 Å². The van der Waals surface area contributed by atoms with Crippen LogP contribution in [0.25, 0.3) is 16.3 Å². The Morgan fingerprint density at radius 2 is 1.85 bits per heavy atom. The molecule has 3 rings (SSSR count). The molecule has 0 saturated heterocycles. The number of benzene rings is 2. The third-order valence-corrected chi connectivity index (χ3v) is 5.29. The van der Waals surface area contributed by atoms with Gasteiger partial charge in [-0.2, -0.15) is 0 Å². The van der Waals surface area contributed by atoms with Crippen molar-refractivity contribution in [3.8, 4) is 17.2 Å². The second-order valence-electron chi connectivity index (χ2n) is 5.39. The van der Waals surface area contributed by atoms with Gasteiger partial charge in [-0.3, -0.25) is 10.1 Å². The van der Waals surface area contributed by atoms with Crippen molar-refractivity contribution in [2.75, 3.05) is 26.6 Å². The van der Waals surface area contributed by atoms with E-state index in [0.717, 1.165) is 20.3 Å². The van der Waals surface area contributed by atoms with E-state index in [-0.39, 0.29) is 5.91 Å². The standard InChI is InChI=1S/C19H17BrN2O4S/c1-24-13-9-11(10-14(25-2)18(13)26-3)7-8-16(23)21-19-22-17-12(20)5-4-6-15(17)27-19/h4-10H,1-3H3,(H,21,22,23)/b8-7-. The minimum absolute atomic E-state index is 0.279. The monoisotopic (exact) mass is 448 g/mol. The van der Waals surface area contributed by atoms with Gasteiger partial charge in [0.2, 0.25) is 11.7 Å². The predicted octanol–water partition coefficient (Wildman–Crippen LogP) is 4.74. The van der Waals surface area contributed by atoms with Crippen LogP contribution in [0.15, 0.2) is 40.9 Å². The van der Waals surface area contributed by atoms with E-state index < -0.39 is 0 Å².